The Balaban J connectivity index is 3.35. The molecule has 0 aromatic rings. The first-order valence-corrected chi connectivity index (χ1v) is 3.93. The SMILES string of the molecule is [CH2]CCC=CC(=O)OCCC. The van der Waals surface area contributed by atoms with Gasteiger partial charge in [0.1, 0.15) is 0 Å². The number of ether oxygens (including phenoxy) is 1. The van der Waals surface area contributed by atoms with E-state index in [4.69, 9.17) is 4.74 Å². The van der Waals surface area contributed by atoms with Crippen molar-refractivity contribution < 1.29 is 9.53 Å². The van der Waals surface area contributed by atoms with Crippen LogP contribution in [0.2, 0.25) is 0 Å². The topological polar surface area (TPSA) is 26.3 Å². The monoisotopic (exact) mass is 155 g/mol. The van der Waals surface area contributed by atoms with Gasteiger partial charge in [0.15, 0.2) is 0 Å². The summed E-state index contributed by atoms with van der Waals surface area (Å²) in [6.45, 7) is 6.11. The lowest BCUT2D eigenvalue weighted by atomic mass is 10.3. The molecule has 0 aromatic carbocycles. The van der Waals surface area contributed by atoms with E-state index in [0.717, 1.165) is 19.3 Å². The summed E-state index contributed by atoms with van der Waals surface area (Å²) in [6.07, 6.45) is 5.76. The number of carbonyl (C=O) groups excluding carboxylic acids is 1. The molecule has 0 aliphatic carbocycles. The zero-order chi connectivity index (χ0) is 8.53. The van der Waals surface area contributed by atoms with Crippen LogP contribution < -0.4 is 0 Å². The van der Waals surface area contributed by atoms with E-state index in [1.807, 2.05) is 6.92 Å². The van der Waals surface area contributed by atoms with Crippen molar-refractivity contribution in [2.45, 2.75) is 26.2 Å². The highest BCUT2D eigenvalue weighted by Crippen LogP contribution is 1.90. The minimum absolute atomic E-state index is 0.250. The smallest absolute Gasteiger partial charge is 0.330 e. The second-order valence-electron chi connectivity index (χ2n) is 2.21. The fourth-order valence-electron chi connectivity index (χ4n) is 0.548. The predicted molar refractivity (Wildman–Crippen MR) is 45.0 cm³/mol. The molecule has 0 N–H and O–H groups in total. The molecule has 0 saturated heterocycles. The summed E-state index contributed by atoms with van der Waals surface area (Å²) < 4.78 is 4.79. The Morgan fingerprint density at radius 2 is 2.36 bits per heavy atom. The molecule has 0 aromatic heterocycles. The van der Waals surface area contributed by atoms with Gasteiger partial charge >= 0.3 is 5.97 Å². The Morgan fingerprint density at radius 3 is 2.91 bits per heavy atom. The normalized spacial score (nSPS) is 10.4. The van der Waals surface area contributed by atoms with Crippen molar-refractivity contribution in [3.63, 3.8) is 0 Å². The van der Waals surface area contributed by atoms with Crippen LogP contribution in [0.5, 0.6) is 0 Å². The molecule has 1 radical (unpaired) electrons. The highest BCUT2D eigenvalue weighted by atomic mass is 16.5. The van der Waals surface area contributed by atoms with E-state index in [1.165, 1.54) is 6.08 Å². The highest BCUT2D eigenvalue weighted by Gasteiger charge is 1.92. The van der Waals surface area contributed by atoms with Crippen molar-refractivity contribution in [2.75, 3.05) is 6.61 Å². The first-order chi connectivity index (χ1) is 5.31. The molecule has 0 amide bonds. The van der Waals surface area contributed by atoms with Crippen molar-refractivity contribution in [2.24, 2.45) is 0 Å². The molecule has 0 aliphatic heterocycles. The Kier molecular flexibility index (Phi) is 6.79. The van der Waals surface area contributed by atoms with E-state index in [0.29, 0.717) is 6.61 Å². The molecule has 0 atom stereocenters. The number of hydrogen-bond donors (Lipinski definition) is 0. The highest BCUT2D eigenvalue weighted by molar-refractivity contribution is 5.81. The molecular formula is C9H15O2. The van der Waals surface area contributed by atoms with Gasteiger partial charge in [-0.3, -0.25) is 0 Å². The second-order valence-corrected chi connectivity index (χ2v) is 2.21. The predicted octanol–water partition coefficient (Wildman–Crippen LogP) is 2.11. The van der Waals surface area contributed by atoms with Gasteiger partial charge in [-0.1, -0.05) is 19.9 Å². The van der Waals surface area contributed by atoms with Gasteiger partial charge in [0.05, 0.1) is 6.61 Å². The molecule has 0 heterocycles. The summed E-state index contributed by atoms with van der Waals surface area (Å²) in [4.78, 5) is 10.7. The Bertz CT molecular complexity index is 128. The number of hydrogen-bond acceptors (Lipinski definition) is 2. The number of allylic oxidation sites excluding steroid dienone is 1. The summed E-state index contributed by atoms with van der Waals surface area (Å²) in [6, 6.07) is 0. The van der Waals surface area contributed by atoms with Crippen LogP contribution in [-0.2, 0) is 9.53 Å². The lowest BCUT2D eigenvalue weighted by Gasteiger charge is -1.96. The van der Waals surface area contributed by atoms with Gasteiger partial charge in [-0.15, -0.1) is 0 Å². The fraction of sp³-hybridized carbons (Fsp3) is 0.556. The average Bonchev–Trinajstić information content (AvgIpc) is 2.01. The van der Waals surface area contributed by atoms with Gasteiger partial charge in [-0.05, 0) is 19.3 Å². The van der Waals surface area contributed by atoms with Crippen LogP contribution in [0.1, 0.15) is 26.2 Å². The molecule has 0 spiro atoms. The lowest BCUT2D eigenvalue weighted by molar-refractivity contribution is -0.137. The van der Waals surface area contributed by atoms with Crippen LogP contribution in [0.4, 0.5) is 0 Å². The first kappa shape index (κ1) is 10.2. The van der Waals surface area contributed by atoms with Crippen LogP contribution in [0.3, 0.4) is 0 Å². The first-order valence-electron chi connectivity index (χ1n) is 3.93. The van der Waals surface area contributed by atoms with E-state index in [2.05, 4.69) is 6.92 Å². The van der Waals surface area contributed by atoms with Crippen LogP contribution >= 0.6 is 0 Å². The summed E-state index contributed by atoms with van der Waals surface area (Å²) in [7, 11) is 0. The van der Waals surface area contributed by atoms with E-state index < -0.39 is 0 Å². The molecule has 0 rings (SSSR count). The number of esters is 1. The molecule has 0 unspecified atom stereocenters. The van der Waals surface area contributed by atoms with Gasteiger partial charge in [-0.25, -0.2) is 4.79 Å². The van der Waals surface area contributed by atoms with E-state index in [-0.39, 0.29) is 5.97 Å². The summed E-state index contributed by atoms with van der Waals surface area (Å²) >= 11 is 0. The molecule has 0 bridgehead atoms. The maximum atomic E-state index is 10.7. The molecular weight excluding hydrogens is 140 g/mol. The maximum Gasteiger partial charge on any atom is 0.330 e. The standard InChI is InChI=1S/C9H15O2/c1-3-5-6-7-9(10)11-8-4-2/h6-7H,1,3-5,8H2,2H3. The van der Waals surface area contributed by atoms with Crippen LogP contribution in [0, 0.1) is 6.92 Å². The minimum atomic E-state index is -0.250. The Morgan fingerprint density at radius 1 is 1.64 bits per heavy atom. The van der Waals surface area contributed by atoms with Gasteiger partial charge in [0, 0.05) is 6.08 Å². The van der Waals surface area contributed by atoms with E-state index in [1.54, 1.807) is 6.08 Å². The molecule has 0 saturated carbocycles. The molecule has 2 heteroatoms. The van der Waals surface area contributed by atoms with Crippen molar-refractivity contribution in [3.05, 3.63) is 19.1 Å². The van der Waals surface area contributed by atoms with Crippen LogP contribution in [0.25, 0.3) is 0 Å². The molecule has 0 fully saturated rings. The second kappa shape index (κ2) is 7.32. The third-order valence-corrected chi connectivity index (χ3v) is 1.07. The molecule has 2 nitrogen and oxygen atoms in total. The average molecular weight is 155 g/mol. The van der Waals surface area contributed by atoms with E-state index in [9.17, 15) is 4.79 Å². The molecule has 11 heavy (non-hydrogen) atoms. The van der Waals surface area contributed by atoms with E-state index >= 15 is 0 Å². The number of rotatable bonds is 5. The zero-order valence-corrected chi connectivity index (χ0v) is 7.01. The Labute approximate surface area is 68.2 Å². The minimum Gasteiger partial charge on any atom is -0.463 e. The number of unbranched alkanes of at least 4 members (excludes halogenated alkanes) is 1. The van der Waals surface area contributed by atoms with Gasteiger partial charge in [0.2, 0.25) is 0 Å². The Hall–Kier alpha value is -0.790. The van der Waals surface area contributed by atoms with Gasteiger partial charge in [-0.2, -0.15) is 0 Å². The van der Waals surface area contributed by atoms with Crippen molar-refractivity contribution in [1.29, 1.82) is 0 Å². The third-order valence-electron chi connectivity index (χ3n) is 1.07. The van der Waals surface area contributed by atoms with Crippen molar-refractivity contribution in [3.8, 4) is 0 Å². The molecule has 63 valence electrons. The fourth-order valence-corrected chi connectivity index (χ4v) is 0.548. The van der Waals surface area contributed by atoms with Crippen LogP contribution in [-0.4, -0.2) is 12.6 Å². The summed E-state index contributed by atoms with van der Waals surface area (Å²) in [5.74, 6) is -0.250. The van der Waals surface area contributed by atoms with Gasteiger partial charge < -0.3 is 4.74 Å². The third kappa shape index (κ3) is 7.10. The maximum absolute atomic E-state index is 10.7. The summed E-state index contributed by atoms with van der Waals surface area (Å²) in [5, 5.41) is 0. The number of carbonyl (C=O) groups is 1. The largest absolute Gasteiger partial charge is 0.463 e. The quantitative estimate of drug-likeness (QED) is 0.449. The molecule has 0 aliphatic rings. The van der Waals surface area contributed by atoms with Crippen molar-refractivity contribution in [1.82, 2.24) is 0 Å². The summed E-state index contributed by atoms with van der Waals surface area (Å²) in [5.41, 5.74) is 0. The van der Waals surface area contributed by atoms with Crippen molar-refractivity contribution >= 4 is 5.97 Å². The van der Waals surface area contributed by atoms with Gasteiger partial charge in [0.25, 0.3) is 0 Å². The lowest BCUT2D eigenvalue weighted by Crippen LogP contribution is -2.00. The zero-order valence-electron chi connectivity index (χ0n) is 7.01. The van der Waals surface area contributed by atoms with Crippen LogP contribution in [0.15, 0.2) is 12.2 Å².